The number of aliphatic imine (C=N–C) groups is 2. The van der Waals surface area contributed by atoms with E-state index < -0.39 is 5.92 Å². The Hall–Kier alpha value is -2.96. The second-order valence-electron chi connectivity index (χ2n) is 6.02. The highest BCUT2D eigenvalue weighted by Crippen LogP contribution is 2.25. The van der Waals surface area contributed by atoms with Crippen LogP contribution in [-0.4, -0.2) is 54.5 Å². The number of urea groups is 1. The lowest BCUT2D eigenvalue weighted by atomic mass is 9.91. The molecule has 2 aliphatic heterocycles. The molecule has 3 rings (SSSR count). The molecular formula is C18H20N4O3. The Bertz CT molecular complexity index is 808. The average Bonchev–Trinajstić information content (AvgIpc) is 2.63. The molecule has 1 fully saturated rings. The predicted octanol–water partition coefficient (Wildman–Crippen LogP) is 2.09. The molecule has 7 nitrogen and oxygen atoms in total. The van der Waals surface area contributed by atoms with Crippen molar-refractivity contribution in [2.45, 2.75) is 13.5 Å². The van der Waals surface area contributed by atoms with Crippen molar-refractivity contribution >= 4 is 23.5 Å². The van der Waals surface area contributed by atoms with Crippen molar-refractivity contribution in [3.05, 3.63) is 41.6 Å². The van der Waals surface area contributed by atoms with Gasteiger partial charge in [-0.3, -0.25) is 19.6 Å². The highest BCUT2D eigenvalue weighted by molar-refractivity contribution is 6.33. The summed E-state index contributed by atoms with van der Waals surface area (Å²) in [5.41, 5.74) is 2.48. The highest BCUT2D eigenvalue weighted by atomic mass is 16.5. The summed E-state index contributed by atoms with van der Waals surface area (Å²) < 4.78 is 5.15. The van der Waals surface area contributed by atoms with Gasteiger partial charge in [0.1, 0.15) is 17.5 Å². The molecule has 0 aromatic heterocycles. The van der Waals surface area contributed by atoms with Crippen LogP contribution in [0.5, 0.6) is 5.75 Å². The van der Waals surface area contributed by atoms with Crippen molar-refractivity contribution in [1.29, 1.82) is 0 Å². The van der Waals surface area contributed by atoms with Crippen LogP contribution in [0.2, 0.25) is 0 Å². The molecule has 1 aromatic carbocycles. The van der Waals surface area contributed by atoms with Crippen LogP contribution in [0.25, 0.3) is 0 Å². The van der Waals surface area contributed by atoms with Crippen LogP contribution >= 0.6 is 0 Å². The zero-order chi connectivity index (χ0) is 18.1. The van der Waals surface area contributed by atoms with Crippen molar-refractivity contribution in [2.24, 2.45) is 15.9 Å². The van der Waals surface area contributed by atoms with Gasteiger partial charge in [0, 0.05) is 20.3 Å². The lowest BCUT2D eigenvalue weighted by Crippen LogP contribution is -2.59. The molecule has 0 aliphatic carbocycles. The first-order valence-electron chi connectivity index (χ1n) is 7.91. The number of amides is 3. The number of hydrogen-bond donors (Lipinski definition) is 0. The number of ether oxygens (including phenoxy) is 1. The number of fused-ring (bicyclic) bond motifs is 1. The van der Waals surface area contributed by atoms with Gasteiger partial charge in [0.2, 0.25) is 5.91 Å². The van der Waals surface area contributed by atoms with E-state index in [1.165, 1.54) is 11.9 Å². The zero-order valence-corrected chi connectivity index (χ0v) is 14.7. The maximum atomic E-state index is 12.6. The largest absolute Gasteiger partial charge is 0.497 e. The molecule has 2 heterocycles. The van der Waals surface area contributed by atoms with Crippen LogP contribution in [0, 0.1) is 5.92 Å². The maximum absolute atomic E-state index is 12.6. The van der Waals surface area contributed by atoms with Gasteiger partial charge in [-0.05, 0) is 30.2 Å². The van der Waals surface area contributed by atoms with Crippen molar-refractivity contribution < 1.29 is 14.3 Å². The molecule has 0 radical (unpaired) electrons. The molecular weight excluding hydrogens is 320 g/mol. The fourth-order valence-electron chi connectivity index (χ4n) is 2.90. The first-order chi connectivity index (χ1) is 11.9. The monoisotopic (exact) mass is 340 g/mol. The molecule has 0 spiro atoms. The molecule has 130 valence electrons. The van der Waals surface area contributed by atoms with E-state index in [4.69, 9.17) is 4.74 Å². The van der Waals surface area contributed by atoms with Crippen LogP contribution in [0.15, 0.2) is 46.0 Å². The summed E-state index contributed by atoms with van der Waals surface area (Å²) in [4.78, 5) is 36.2. The van der Waals surface area contributed by atoms with Gasteiger partial charge in [-0.15, -0.1) is 0 Å². The zero-order valence-electron chi connectivity index (χ0n) is 14.7. The Morgan fingerprint density at radius 1 is 1.16 bits per heavy atom. The third-order valence-corrected chi connectivity index (χ3v) is 4.41. The van der Waals surface area contributed by atoms with Gasteiger partial charge in [0.25, 0.3) is 0 Å². The number of rotatable bonds is 3. The van der Waals surface area contributed by atoms with Crippen molar-refractivity contribution in [3.63, 3.8) is 0 Å². The number of allylic oxidation sites excluding steroid dienone is 1. The second-order valence-corrected chi connectivity index (χ2v) is 6.02. The summed E-state index contributed by atoms with van der Waals surface area (Å²) in [5.74, 6) is 0.259. The number of imide groups is 1. The topological polar surface area (TPSA) is 74.6 Å². The molecule has 1 aromatic rings. The molecule has 0 saturated carbocycles. The molecule has 0 bridgehead atoms. The van der Waals surface area contributed by atoms with Gasteiger partial charge in [0.15, 0.2) is 0 Å². The Kier molecular flexibility index (Phi) is 4.39. The third-order valence-electron chi connectivity index (χ3n) is 4.41. The lowest BCUT2D eigenvalue weighted by Gasteiger charge is -2.37. The normalized spacial score (nSPS) is 21.9. The van der Waals surface area contributed by atoms with E-state index in [0.717, 1.165) is 21.8 Å². The second kappa shape index (κ2) is 6.51. The smallest absolute Gasteiger partial charge is 0.331 e. The van der Waals surface area contributed by atoms with Gasteiger partial charge in [-0.1, -0.05) is 12.1 Å². The van der Waals surface area contributed by atoms with Crippen LogP contribution in [0.3, 0.4) is 0 Å². The Morgan fingerprint density at radius 2 is 1.84 bits per heavy atom. The quantitative estimate of drug-likeness (QED) is 0.845. The number of nitrogens with zero attached hydrogens (tertiary/aromatic N) is 4. The Morgan fingerprint density at radius 3 is 2.48 bits per heavy atom. The fraction of sp³-hybridized carbons (Fsp3) is 0.333. The van der Waals surface area contributed by atoms with E-state index in [2.05, 4.69) is 9.98 Å². The minimum Gasteiger partial charge on any atom is -0.497 e. The fourth-order valence-corrected chi connectivity index (χ4v) is 2.90. The van der Waals surface area contributed by atoms with Crippen LogP contribution in [0.1, 0.15) is 12.5 Å². The van der Waals surface area contributed by atoms with E-state index in [1.807, 2.05) is 31.2 Å². The number of carbonyl (C=O) groups excluding carboxylic acids is 2. The van der Waals surface area contributed by atoms with Crippen LogP contribution < -0.4 is 4.74 Å². The summed E-state index contributed by atoms with van der Waals surface area (Å²) in [6, 6.07) is 7.23. The predicted molar refractivity (Wildman–Crippen MR) is 94.7 cm³/mol. The number of hydrogen-bond acceptors (Lipinski definition) is 5. The molecule has 7 heteroatoms. The SMILES string of the molecule is COc1ccc(CN=C2C(C)=CN=C3C2C(=O)N(C)C(=O)N3C)cc1. The summed E-state index contributed by atoms with van der Waals surface area (Å²) >= 11 is 0. The first kappa shape index (κ1) is 16.9. The van der Waals surface area contributed by atoms with Gasteiger partial charge >= 0.3 is 6.03 Å². The van der Waals surface area contributed by atoms with Gasteiger partial charge < -0.3 is 4.74 Å². The molecule has 25 heavy (non-hydrogen) atoms. The summed E-state index contributed by atoms with van der Waals surface area (Å²) in [6.45, 7) is 2.31. The number of amidine groups is 1. The molecule has 0 N–H and O–H groups in total. The Labute approximate surface area is 146 Å². The molecule has 1 atom stereocenters. The van der Waals surface area contributed by atoms with Crippen molar-refractivity contribution in [1.82, 2.24) is 9.80 Å². The summed E-state index contributed by atoms with van der Waals surface area (Å²) in [5, 5.41) is 0. The Balaban J connectivity index is 1.92. The number of carbonyl (C=O) groups is 2. The highest BCUT2D eigenvalue weighted by Gasteiger charge is 2.44. The number of benzene rings is 1. The van der Waals surface area contributed by atoms with E-state index in [-0.39, 0.29) is 11.9 Å². The minimum absolute atomic E-state index is 0.303. The van der Waals surface area contributed by atoms with E-state index in [0.29, 0.717) is 18.1 Å². The minimum atomic E-state index is -0.643. The van der Waals surface area contributed by atoms with Crippen molar-refractivity contribution in [3.8, 4) is 5.75 Å². The first-order valence-corrected chi connectivity index (χ1v) is 7.91. The molecule has 1 saturated heterocycles. The molecule has 2 aliphatic rings. The summed E-state index contributed by atoms with van der Waals surface area (Å²) in [7, 11) is 4.72. The van der Waals surface area contributed by atoms with E-state index >= 15 is 0 Å². The van der Waals surface area contributed by atoms with Gasteiger partial charge in [0.05, 0.1) is 19.4 Å². The molecule has 1 unspecified atom stereocenters. The van der Waals surface area contributed by atoms with Crippen LogP contribution in [-0.2, 0) is 11.3 Å². The third kappa shape index (κ3) is 2.93. The van der Waals surface area contributed by atoms with E-state index in [9.17, 15) is 9.59 Å². The standard InChI is InChI=1S/C18H20N4O3/c1-11-9-20-16-14(17(23)22(3)18(24)21(16)2)15(11)19-10-12-5-7-13(25-4)8-6-12/h5-9,14H,10H2,1-4H3. The van der Waals surface area contributed by atoms with Crippen LogP contribution in [0.4, 0.5) is 4.79 Å². The molecule has 3 amide bonds. The van der Waals surface area contributed by atoms with Gasteiger partial charge in [-0.25, -0.2) is 9.79 Å². The maximum Gasteiger partial charge on any atom is 0.331 e. The van der Waals surface area contributed by atoms with E-state index in [1.54, 1.807) is 20.4 Å². The summed E-state index contributed by atoms with van der Waals surface area (Å²) in [6.07, 6.45) is 1.65. The average molecular weight is 340 g/mol. The number of methoxy groups -OCH3 is 1. The lowest BCUT2D eigenvalue weighted by molar-refractivity contribution is -0.128. The van der Waals surface area contributed by atoms with Crippen molar-refractivity contribution in [2.75, 3.05) is 21.2 Å². The van der Waals surface area contributed by atoms with Gasteiger partial charge in [-0.2, -0.15) is 0 Å².